The third-order valence-corrected chi connectivity index (χ3v) is 8.80. The number of sulfonamides is 1. The van der Waals surface area contributed by atoms with Crippen molar-refractivity contribution in [2.45, 2.75) is 63.3 Å². The summed E-state index contributed by atoms with van der Waals surface area (Å²) in [5.41, 5.74) is -0.882. The summed E-state index contributed by atoms with van der Waals surface area (Å²) in [6.45, 7) is 3.15. The summed E-state index contributed by atoms with van der Waals surface area (Å²) in [7, 11) is -3.34. The zero-order valence-electron chi connectivity index (χ0n) is 18.7. The molecule has 1 aliphatic carbocycles. The van der Waals surface area contributed by atoms with Crippen LogP contribution in [0.1, 0.15) is 62.2 Å². The Labute approximate surface area is 199 Å². The van der Waals surface area contributed by atoms with E-state index in [0.29, 0.717) is 25.6 Å². The summed E-state index contributed by atoms with van der Waals surface area (Å²) in [4.78, 5) is 14.6. The highest BCUT2D eigenvalue weighted by atomic mass is 35.5. The molecule has 0 unspecified atom stereocenters. The summed E-state index contributed by atoms with van der Waals surface area (Å²) in [6.07, 6.45) is 0.481. The Morgan fingerprint density at radius 1 is 1.03 bits per heavy atom. The number of alkyl halides is 2. The van der Waals surface area contributed by atoms with Crippen molar-refractivity contribution in [1.82, 2.24) is 9.21 Å². The molecule has 0 atom stereocenters. The van der Waals surface area contributed by atoms with Crippen molar-refractivity contribution < 1.29 is 30.8 Å². The molecule has 1 saturated heterocycles. The monoisotopic (exact) mass is 514 g/mol. The van der Waals surface area contributed by atoms with Crippen molar-refractivity contribution in [3.8, 4) is 0 Å². The van der Waals surface area contributed by atoms with Crippen LogP contribution in [0.25, 0.3) is 0 Å². The first kappa shape index (κ1) is 28.0. The average Bonchev–Trinajstić information content (AvgIpc) is 2.73. The minimum atomic E-state index is -3.34. The van der Waals surface area contributed by atoms with E-state index in [1.54, 1.807) is 6.92 Å². The molecule has 3 rings (SSSR count). The SMILES string of the molecule is CCCS(=O)(=O)N1CCN(C2(CCC(=O)c3ccc(F)cc3F)CCC(F)(F)CC2)CC1.Cl. The smallest absolute Gasteiger partial charge is 0.248 e. The number of carbonyl (C=O) groups is 1. The van der Waals surface area contributed by atoms with Crippen LogP contribution in [0.5, 0.6) is 0 Å². The zero-order chi connectivity index (χ0) is 23.6. The minimum Gasteiger partial charge on any atom is -0.295 e. The fourth-order valence-electron chi connectivity index (χ4n) is 4.83. The van der Waals surface area contributed by atoms with E-state index in [2.05, 4.69) is 0 Å². The maximum Gasteiger partial charge on any atom is 0.248 e. The molecule has 1 aliphatic heterocycles. The van der Waals surface area contributed by atoms with E-state index in [1.807, 2.05) is 4.90 Å². The quantitative estimate of drug-likeness (QED) is 0.374. The normalized spacial score (nSPS) is 21.4. The topological polar surface area (TPSA) is 57.7 Å². The highest BCUT2D eigenvalue weighted by molar-refractivity contribution is 7.89. The molecule has 1 heterocycles. The Hall–Kier alpha value is -1.23. The molecule has 188 valence electrons. The van der Waals surface area contributed by atoms with Crippen LogP contribution in [0.4, 0.5) is 17.6 Å². The lowest BCUT2D eigenvalue weighted by Crippen LogP contribution is -2.60. The van der Waals surface area contributed by atoms with Crippen LogP contribution in [-0.2, 0) is 10.0 Å². The van der Waals surface area contributed by atoms with E-state index in [4.69, 9.17) is 0 Å². The fourth-order valence-corrected chi connectivity index (χ4v) is 6.32. The molecular formula is C22H31ClF4N2O3S. The molecule has 1 saturated carbocycles. The second kappa shape index (κ2) is 11.0. The van der Waals surface area contributed by atoms with Gasteiger partial charge in [0.15, 0.2) is 5.78 Å². The highest BCUT2D eigenvalue weighted by Crippen LogP contribution is 2.44. The molecule has 5 nitrogen and oxygen atoms in total. The Balaban J connectivity index is 0.00000385. The molecule has 11 heteroatoms. The molecule has 1 aromatic carbocycles. The van der Waals surface area contributed by atoms with Gasteiger partial charge in [0.1, 0.15) is 11.6 Å². The lowest BCUT2D eigenvalue weighted by atomic mass is 9.74. The minimum absolute atomic E-state index is 0. The third kappa shape index (κ3) is 6.68. The molecule has 33 heavy (non-hydrogen) atoms. The number of hydrogen-bond acceptors (Lipinski definition) is 4. The molecule has 2 aliphatic rings. The lowest BCUT2D eigenvalue weighted by molar-refractivity contribution is -0.0891. The molecular weight excluding hydrogens is 484 g/mol. The van der Waals surface area contributed by atoms with Crippen molar-refractivity contribution in [2.75, 3.05) is 31.9 Å². The van der Waals surface area contributed by atoms with E-state index in [0.717, 1.165) is 12.1 Å². The van der Waals surface area contributed by atoms with Crippen LogP contribution in [0.2, 0.25) is 0 Å². The van der Waals surface area contributed by atoms with Gasteiger partial charge in [0.25, 0.3) is 0 Å². The zero-order valence-corrected chi connectivity index (χ0v) is 20.3. The predicted octanol–water partition coefficient (Wildman–Crippen LogP) is 4.66. The Bertz CT molecular complexity index is 928. The number of hydrogen-bond donors (Lipinski definition) is 0. The van der Waals surface area contributed by atoms with Crippen molar-refractivity contribution in [2.24, 2.45) is 0 Å². The first-order chi connectivity index (χ1) is 15.0. The summed E-state index contributed by atoms with van der Waals surface area (Å²) in [6, 6.07) is 2.77. The first-order valence-electron chi connectivity index (χ1n) is 11.1. The number of ketones is 1. The predicted molar refractivity (Wildman–Crippen MR) is 121 cm³/mol. The van der Waals surface area contributed by atoms with E-state index in [-0.39, 0.29) is 75.3 Å². The number of Topliss-reactive ketones (excluding diaryl/α,β-unsaturated/α-hetero) is 1. The average molecular weight is 515 g/mol. The van der Waals surface area contributed by atoms with Crippen molar-refractivity contribution in [1.29, 1.82) is 0 Å². The number of carbonyl (C=O) groups excluding carboxylic acids is 1. The van der Waals surface area contributed by atoms with Crippen LogP contribution in [0, 0.1) is 11.6 Å². The second-order valence-corrected chi connectivity index (χ2v) is 10.9. The van der Waals surface area contributed by atoms with Gasteiger partial charge in [-0.25, -0.2) is 26.0 Å². The second-order valence-electron chi connectivity index (χ2n) is 8.83. The molecule has 2 fully saturated rings. The standard InChI is InChI=1S/C22H30F4N2O3S.ClH/c1-2-15-32(30,31)28-13-11-27(12-14-28)21(7-9-22(25,26)10-8-21)6-5-20(29)18-4-3-17(23)16-19(18)24;/h3-4,16H,2,5-15H2,1H3;1H. The van der Waals surface area contributed by atoms with Crippen LogP contribution in [0.15, 0.2) is 18.2 Å². The first-order valence-corrected chi connectivity index (χ1v) is 12.7. The Morgan fingerprint density at radius 3 is 2.18 bits per heavy atom. The molecule has 0 radical (unpaired) electrons. The van der Waals surface area contributed by atoms with Gasteiger partial charge in [0, 0.05) is 57.0 Å². The number of rotatable bonds is 8. The molecule has 0 bridgehead atoms. The van der Waals surface area contributed by atoms with Gasteiger partial charge in [-0.1, -0.05) is 6.92 Å². The van der Waals surface area contributed by atoms with Gasteiger partial charge >= 0.3 is 0 Å². The molecule has 0 amide bonds. The maximum absolute atomic E-state index is 14.0. The van der Waals surface area contributed by atoms with E-state index in [1.165, 1.54) is 4.31 Å². The van der Waals surface area contributed by atoms with E-state index in [9.17, 15) is 30.8 Å². The van der Waals surface area contributed by atoms with Gasteiger partial charge in [-0.2, -0.15) is 4.31 Å². The largest absolute Gasteiger partial charge is 0.295 e. The third-order valence-electron chi connectivity index (χ3n) is 6.73. The van der Waals surface area contributed by atoms with E-state index < -0.39 is 38.9 Å². The summed E-state index contributed by atoms with van der Waals surface area (Å²) in [5, 5.41) is 0. The molecule has 0 spiro atoms. The van der Waals surface area contributed by atoms with Crippen molar-refractivity contribution >= 4 is 28.2 Å². The van der Waals surface area contributed by atoms with Crippen molar-refractivity contribution in [3.63, 3.8) is 0 Å². The maximum atomic E-state index is 14.0. The highest BCUT2D eigenvalue weighted by Gasteiger charge is 2.47. The van der Waals surface area contributed by atoms with Gasteiger partial charge in [-0.3, -0.25) is 9.69 Å². The summed E-state index contributed by atoms with van der Waals surface area (Å²) < 4.78 is 81.2. The van der Waals surface area contributed by atoms with Crippen LogP contribution in [-0.4, -0.2) is 66.8 Å². The number of nitrogens with zero attached hydrogens (tertiary/aromatic N) is 2. The number of halogens is 5. The Kier molecular flexibility index (Phi) is 9.34. The number of benzene rings is 1. The molecule has 0 N–H and O–H groups in total. The lowest BCUT2D eigenvalue weighted by Gasteiger charge is -2.51. The van der Waals surface area contributed by atoms with Crippen LogP contribution >= 0.6 is 12.4 Å². The van der Waals surface area contributed by atoms with Gasteiger partial charge in [0.2, 0.25) is 15.9 Å². The summed E-state index contributed by atoms with van der Waals surface area (Å²) >= 11 is 0. The molecule has 0 aromatic heterocycles. The molecule has 1 aromatic rings. The van der Waals surface area contributed by atoms with Gasteiger partial charge in [0.05, 0.1) is 11.3 Å². The summed E-state index contributed by atoms with van der Waals surface area (Å²) in [5.74, 6) is -4.90. The van der Waals surface area contributed by atoms with Crippen LogP contribution in [0.3, 0.4) is 0 Å². The van der Waals surface area contributed by atoms with Gasteiger partial charge in [-0.15, -0.1) is 12.4 Å². The van der Waals surface area contributed by atoms with Gasteiger partial charge in [-0.05, 0) is 37.8 Å². The fraction of sp³-hybridized carbons (Fsp3) is 0.682. The van der Waals surface area contributed by atoms with Crippen molar-refractivity contribution in [3.05, 3.63) is 35.4 Å². The van der Waals surface area contributed by atoms with Crippen LogP contribution < -0.4 is 0 Å². The number of piperazine rings is 1. The van der Waals surface area contributed by atoms with E-state index >= 15 is 0 Å². The van der Waals surface area contributed by atoms with Gasteiger partial charge < -0.3 is 0 Å². The Morgan fingerprint density at radius 2 is 1.64 bits per heavy atom.